The molecule has 1 saturated carbocycles. The number of hydrogen-bond acceptors (Lipinski definition) is 5. The third-order valence-corrected chi connectivity index (χ3v) is 4.11. The molecule has 1 heterocycles. The molecular formula is C14H25N5. The number of anilines is 2. The van der Waals surface area contributed by atoms with Crippen molar-refractivity contribution in [2.45, 2.75) is 38.1 Å². The van der Waals surface area contributed by atoms with Gasteiger partial charge in [-0.05, 0) is 33.9 Å². The van der Waals surface area contributed by atoms with Crippen LogP contribution in [-0.2, 0) is 0 Å². The van der Waals surface area contributed by atoms with E-state index in [1.54, 1.807) is 6.33 Å². The summed E-state index contributed by atoms with van der Waals surface area (Å²) in [6.45, 7) is 3.88. The normalized spacial score (nSPS) is 17.7. The number of nitrogens with zero attached hydrogens (tertiary/aromatic N) is 3. The molecule has 0 amide bonds. The van der Waals surface area contributed by atoms with Crippen molar-refractivity contribution in [3.05, 3.63) is 12.4 Å². The largest absolute Gasteiger partial charge is 0.370 e. The standard InChI is InChI=1S/C14H25N5/c1-4-15-12-9-13(18-11-17-12)16-10-14(19(2)3)7-5-6-8-14/h9,11H,4-8,10H2,1-3H3,(H2,15,16,17,18). The summed E-state index contributed by atoms with van der Waals surface area (Å²) in [4.78, 5) is 10.8. The third kappa shape index (κ3) is 3.35. The van der Waals surface area contributed by atoms with Crippen LogP contribution in [-0.4, -0.2) is 47.6 Å². The van der Waals surface area contributed by atoms with Crippen molar-refractivity contribution in [2.75, 3.05) is 37.8 Å². The van der Waals surface area contributed by atoms with E-state index < -0.39 is 0 Å². The summed E-state index contributed by atoms with van der Waals surface area (Å²) in [6, 6.07) is 1.97. The van der Waals surface area contributed by atoms with Crippen LogP contribution < -0.4 is 10.6 Å². The van der Waals surface area contributed by atoms with Gasteiger partial charge < -0.3 is 15.5 Å². The molecule has 1 aromatic rings. The average Bonchev–Trinajstić information content (AvgIpc) is 2.87. The second-order valence-electron chi connectivity index (χ2n) is 5.50. The predicted molar refractivity (Wildman–Crippen MR) is 79.6 cm³/mol. The molecule has 1 fully saturated rings. The SMILES string of the molecule is CCNc1cc(NCC2(N(C)C)CCCC2)ncn1. The fraction of sp³-hybridized carbons (Fsp3) is 0.714. The Hall–Kier alpha value is -1.36. The van der Waals surface area contributed by atoms with Crippen LogP contribution in [0.15, 0.2) is 12.4 Å². The molecule has 0 atom stereocenters. The highest BCUT2D eigenvalue weighted by Crippen LogP contribution is 2.33. The summed E-state index contributed by atoms with van der Waals surface area (Å²) in [5, 5.41) is 6.68. The molecule has 1 aliphatic rings. The van der Waals surface area contributed by atoms with Crippen LogP contribution in [0.3, 0.4) is 0 Å². The summed E-state index contributed by atoms with van der Waals surface area (Å²) < 4.78 is 0. The second-order valence-corrected chi connectivity index (χ2v) is 5.50. The first-order valence-electron chi connectivity index (χ1n) is 7.13. The molecule has 0 aromatic carbocycles. The highest BCUT2D eigenvalue weighted by atomic mass is 15.2. The van der Waals surface area contributed by atoms with E-state index in [0.717, 1.165) is 24.7 Å². The van der Waals surface area contributed by atoms with E-state index >= 15 is 0 Å². The van der Waals surface area contributed by atoms with Crippen LogP contribution >= 0.6 is 0 Å². The maximum absolute atomic E-state index is 4.29. The molecule has 106 valence electrons. The summed E-state index contributed by atoms with van der Waals surface area (Å²) in [7, 11) is 4.36. The molecule has 0 saturated heterocycles. The summed E-state index contributed by atoms with van der Waals surface area (Å²) >= 11 is 0. The van der Waals surface area contributed by atoms with Gasteiger partial charge in [0.25, 0.3) is 0 Å². The van der Waals surface area contributed by atoms with Gasteiger partial charge in [0.2, 0.25) is 0 Å². The van der Waals surface area contributed by atoms with Gasteiger partial charge in [-0.15, -0.1) is 0 Å². The van der Waals surface area contributed by atoms with Crippen molar-refractivity contribution in [3.8, 4) is 0 Å². The zero-order valence-corrected chi connectivity index (χ0v) is 12.2. The Morgan fingerprint density at radius 2 is 1.79 bits per heavy atom. The Bertz CT molecular complexity index is 399. The number of nitrogens with one attached hydrogen (secondary N) is 2. The first-order valence-corrected chi connectivity index (χ1v) is 7.13. The minimum atomic E-state index is 0.281. The van der Waals surface area contributed by atoms with E-state index in [1.165, 1.54) is 25.7 Å². The monoisotopic (exact) mass is 263 g/mol. The molecule has 19 heavy (non-hydrogen) atoms. The van der Waals surface area contributed by atoms with Gasteiger partial charge in [-0.3, -0.25) is 0 Å². The van der Waals surface area contributed by atoms with E-state index in [9.17, 15) is 0 Å². The summed E-state index contributed by atoms with van der Waals surface area (Å²) in [6.07, 6.45) is 6.78. The van der Waals surface area contributed by atoms with Crippen LogP contribution in [0, 0.1) is 0 Å². The van der Waals surface area contributed by atoms with Gasteiger partial charge in [-0.25, -0.2) is 9.97 Å². The lowest BCUT2D eigenvalue weighted by Crippen LogP contribution is -2.47. The van der Waals surface area contributed by atoms with Gasteiger partial charge in [0.1, 0.15) is 18.0 Å². The lowest BCUT2D eigenvalue weighted by atomic mass is 9.96. The fourth-order valence-corrected chi connectivity index (χ4v) is 2.80. The molecule has 0 radical (unpaired) electrons. The molecule has 0 bridgehead atoms. The van der Waals surface area contributed by atoms with Gasteiger partial charge >= 0.3 is 0 Å². The number of hydrogen-bond donors (Lipinski definition) is 2. The summed E-state index contributed by atoms with van der Waals surface area (Å²) in [5.74, 6) is 1.78. The molecule has 0 aliphatic heterocycles. The van der Waals surface area contributed by atoms with Crippen molar-refractivity contribution in [3.63, 3.8) is 0 Å². The topological polar surface area (TPSA) is 53.1 Å². The molecule has 0 spiro atoms. The van der Waals surface area contributed by atoms with E-state index in [1.807, 2.05) is 6.07 Å². The zero-order chi connectivity index (χ0) is 13.7. The van der Waals surface area contributed by atoms with Crippen LogP contribution in [0.25, 0.3) is 0 Å². The lowest BCUT2D eigenvalue weighted by molar-refractivity contribution is 0.172. The van der Waals surface area contributed by atoms with E-state index in [0.29, 0.717) is 0 Å². The van der Waals surface area contributed by atoms with Crippen molar-refractivity contribution in [1.82, 2.24) is 14.9 Å². The van der Waals surface area contributed by atoms with Gasteiger partial charge in [-0.1, -0.05) is 12.8 Å². The molecule has 1 aromatic heterocycles. The van der Waals surface area contributed by atoms with Crippen LogP contribution in [0.4, 0.5) is 11.6 Å². The zero-order valence-electron chi connectivity index (χ0n) is 12.2. The van der Waals surface area contributed by atoms with Crippen molar-refractivity contribution >= 4 is 11.6 Å². The lowest BCUT2D eigenvalue weighted by Gasteiger charge is -2.36. The molecular weight excluding hydrogens is 238 g/mol. The minimum absolute atomic E-state index is 0.281. The first kappa shape index (κ1) is 14.1. The van der Waals surface area contributed by atoms with Crippen molar-refractivity contribution in [2.24, 2.45) is 0 Å². The van der Waals surface area contributed by atoms with E-state index in [2.05, 4.69) is 46.5 Å². The predicted octanol–water partition coefficient (Wildman–Crippen LogP) is 2.19. The Labute approximate surface area is 115 Å². The van der Waals surface area contributed by atoms with Gasteiger partial charge in [-0.2, -0.15) is 0 Å². The molecule has 2 N–H and O–H groups in total. The smallest absolute Gasteiger partial charge is 0.131 e. The van der Waals surface area contributed by atoms with Crippen molar-refractivity contribution < 1.29 is 0 Å². The molecule has 2 rings (SSSR count). The molecule has 1 aliphatic carbocycles. The number of aromatic nitrogens is 2. The third-order valence-electron chi connectivity index (χ3n) is 4.11. The maximum atomic E-state index is 4.29. The molecule has 5 nitrogen and oxygen atoms in total. The molecule has 5 heteroatoms. The van der Waals surface area contributed by atoms with E-state index in [-0.39, 0.29) is 5.54 Å². The van der Waals surface area contributed by atoms with Crippen LogP contribution in [0.2, 0.25) is 0 Å². The van der Waals surface area contributed by atoms with Gasteiger partial charge in [0.05, 0.1) is 0 Å². The second kappa shape index (κ2) is 6.19. The van der Waals surface area contributed by atoms with Gasteiger partial charge in [0.15, 0.2) is 0 Å². The first-order chi connectivity index (χ1) is 9.16. The van der Waals surface area contributed by atoms with Crippen molar-refractivity contribution in [1.29, 1.82) is 0 Å². The fourth-order valence-electron chi connectivity index (χ4n) is 2.80. The quantitative estimate of drug-likeness (QED) is 0.824. The highest BCUT2D eigenvalue weighted by molar-refractivity contribution is 5.46. The van der Waals surface area contributed by atoms with Gasteiger partial charge in [0, 0.05) is 24.7 Å². The summed E-state index contributed by atoms with van der Waals surface area (Å²) in [5.41, 5.74) is 0.281. The van der Waals surface area contributed by atoms with Crippen LogP contribution in [0.5, 0.6) is 0 Å². The minimum Gasteiger partial charge on any atom is -0.370 e. The number of likely N-dealkylation sites (N-methyl/N-ethyl adjacent to an activating group) is 1. The maximum Gasteiger partial charge on any atom is 0.131 e. The highest BCUT2D eigenvalue weighted by Gasteiger charge is 2.35. The Kier molecular flexibility index (Phi) is 4.58. The van der Waals surface area contributed by atoms with Crippen LogP contribution in [0.1, 0.15) is 32.6 Å². The number of rotatable bonds is 6. The Balaban J connectivity index is 1.99. The Morgan fingerprint density at radius 3 is 2.37 bits per heavy atom. The Morgan fingerprint density at radius 1 is 1.16 bits per heavy atom. The average molecular weight is 263 g/mol. The van der Waals surface area contributed by atoms with E-state index in [4.69, 9.17) is 0 Å². The molecule has 0 unspecified atom stereocenters.